The van der Waals surface area contributed by atoms with Crippen LogP contribution in [0.4, 0.5) is 0 Å². The van der Waals surface area contributed by atoms with Gasteiger partial charge in [-0.25, -0.2) is 0 Å². The Kier molecular flexibility index (Phi) is 4.31. The van der Waals surface area contributed by atoms with E-state index in [0.717, 1.165) is 44.5 Å². The topological polar surface area (TPSA) is 35.2 Å². The minimum Gasteiger partial charge on any atom is -0.381 e. The number of rotatable bonds is 2. The molecule has 1 heterocycles. The minimum atomic E-state index is -0.217. The second-order valence-electron chi connectivity index (χ2n) is 4.72. The maximum absolute atomic E-state index is 6.43. The Morgan fingerprint density at radius 3 is 2.88 bits per heavy atom. The highest BCUT2D eigenvalue weighted by Crippen LogP contribution is 2.30. The number of nitrogens with two attached hydrogens (primary N) is 1. The zero-order valence-corrected chi connectivity index (χ0v) is 11.2. The van der Waals surface area contributed by atoms with Crippen LogP contribution in [-0.2, 0) is 11.2 Å². The summed E-state index contributed by atoms with van der Waals surface area (Å²) in [4.78, 5) is 0. The van der Waals surface area contributed by atoms with Gasteiger partial charge in [0.15, 0.2) is 0 Å². The van der Waals surface area contributed by atoms with Crippen molar-refractivity contribution in [3.05, 3.63) is 33.8 Å². The van der Waals surface area contributed by atoms with E-state index in [2.05, 4.69) is 0 Å². The lowest BCUT2D eigenvalue weighted by molar-refractivity contribution is 0.139. The van der Waals surface area contributed by atoms with Crippen LogP contribution < -0.4 is 5.73 Å². The van der Waals surface area contributed by atoms with Crippen LogP contribution >= 0.6 is 23.2 Å². The fraction of sp³-hybridized carbons (Fsp3) is 0.538. The Hall–Kier alpha value is -0.280. The fourth-order valence-corrected chi connectivity index (χ4v) is 2.66. The molecule has 94 valence electrons. The van der Waals surface area contributed by atoms with E-state index >= 15 is 0 Å². The summed E-state index contributed by atoms with van der Waals surface area (Å²) in [5.74, 6) is 0. The highest BCUT2D eigenvalue weighted by Gasteiger charge is 2.27. The van der Waals surface area contributed by atoms with Gasteiger partial charge in [-0.15, -0.1) is 0 Å². The molecule has 0 aromatic heterocycles. The number of benzene rings is 1. The highest BCUT2D eigenvalue weighted by molar-refractivity contribution is 6.42. The number of hydrogen-bond acceptors (Lipinski definition) is 2. The van der Waals surface area contributed by atoms with Gasteiger partial charge in [0.2, 0.25) is 0 Å². The lowest BCUT2D eigenvalue weighted by atomic mass is 9.85. The van der Waals surface area contributed by atoms with Crippen molar-refractivity contribution in [3.8, 4) is 0 Å². The van der Waals surface area contributed by atoms with Gasteiger partial charge >= 0.3 is 0 Å². The summed E-state index contributed by atoms with van der Waals surface area (Å²) in [5, 5.41) is 1.22. The maximum Gasteiger partial charge on any atom is 0.0624 e. The molecule has 2 nitrogen and oxygen atoms in total. The van der Waals surface area contributed by atoms with Crippen molar-refractivity contribution in [2.45, 2.75) is 31.2 Å². The van der Waals surface area contributed by atoms with E-state index in [4.69, 9.17) is 33.7 Å². The zero-order chi connectivity index (χ0) is 12.3. The van der Waals surface area contributed by atoms with Crippen molar-refractivity contribution in [2.24, 2.45) is 5.73 Å². The number of halogens is 2. The molecule has 2 N–H and O–H groups in total. The molecule has 1 aliphatic rings. The molecule has 4 heteroatoms. The second-order valence-corrected chi connectivity index (χ2v) is 5.50. The average molecular weight is 274 g/mol. The maximum atomic E-state index is 6.43. The predicted octanol–water partition coefficient (Wildman–Crippen LogP) is 3.43. The van der Waals surface area contributed by atoms with Gasteiger partial charge in [-0.3, -0.25) is 0 Å². The van der Waals surface area contributed by atoms with Crippen LogP contribution in [0, 0.1) is 0 Å². The Bertz CT molecular complexity index is 387. The quantitative estimate of drug-likeness (QED) is 0.896. The summed E-state index contributed by atoms with van der Waals surface area (Å²) in [6.45, 7) is 1.54. The smallest absolute Gasteiger partial charge is 0.0624 e. The zero-order valence-electron chi connectivity index (χ0n) is 9.72. The average Bonchev–Trinajstić information content (AvgIpc) is 2.50. The molecule has 0 bridgehead atoms. The van der Waals surface area contributed by atoms with Crippen LogP contribution in [0.3, 0.4) is 0 Å². The molecule has 1 aromatic rings. The van der Waals surface area contributed by atoms with E-state index in [1.165, 1.54) is 0 Å². The molecule has 1 atom stereocenters. The third kappa shape index (κ3) is 3.35. The van der Waals surface area contributed by atoms with Crippen LogP contribution in [0.1, 0.15) is 24.8 Å². The Labute approximate surface area is 112 Å². The molecule has 1 saturated heterocycles. The van der Waals surface area contributed by atoms with Gasteiger partial charge in [0, 0.05) is 18.8 Å². The van der Waals surface area contributed by atoms with E-state index in [1.807, 2.05) is 12.1 Å². The molecule has 1 fully saturated rings. The second kappa shape index (κ2) is 5.57. The first-order valence-corrected chi connectivity index (χ1v) is 6.66. The first kappa shape index (κ1) is 13.2. The van der Waals surface area contributed by atoms with Gasteiger partial charge < -0.3 is 10.5 Å². The Balaban J connectivity index is 2.15. The number of hydrogen-bond donors (Lipinski definition) is 1. The van der Waals surface area contributed by atoms with E-state index in [1.54, 1.807) is 6.07 Å². The first-order chi connectivity index (χ1) is 8.11. The molecule has 0 amide bonds. The molecule has 0 spiro atoms. The summed E-state index contributed by atoms with van der Waals surface area (Å²) < 4.78 is 5.44. The van der Waals surface area contributed by atoms with Gasteiger partial charge in [0.25, 0.3) is 0 Å². The van der Waals surface area contributed by atoms with Crippen molar-refractivity contribution in [3.63, 3.8) is 0 Å². The molecule has 1 aromatic carbocycles. The van der Waals surface area contributed by atoms with Gasteiger partial charge in [-0.2, -0.15) is 0 Å². The molecular weight excluding hydrogens is 257 g/mol. The molecule has 2 rings (SSSR count). The van der Waals surface area contributed by atoms with Crippen molar-refractivity contribution in [1.82, 2.24) is 0 Å². The third-order valence-electron chi connectivity index (χ3n) is 3.28. The van der Waals surface area contributed by atoms with Crippen molar-refractivity contribution < 1.29 is 4.74 Å². The van der Waals surface area contributed by atoms with Gasteiger partial charge in [0.1, 0.15) is 0 Å². The largest absolute Gasteiger partial charge is 0.381 e. The molecule has 0 aliphatic carbocycles. The highest BCUT2D eigenvalue weighted by atomic mass is 35.5. The minimum absolute atomic E-state index is 0.217. The normalized spacial score (nSPS) is 25.6. The fourth-order valence-electron chi connectivity index (χ4n) is 2.27. The lowest BCUT2D eigenvalue weighted by Crippen LogP contribution is -2.42. The lowest BCUT2D eigenvalue weighted by Gasteiger charge is -2.28. The van der Waals surface area contributed by atoms with Gasteiger partial charge in [-0.05, 0) is 37.3 Å². The molecule has 1 unspecified atom stereocenters. The Morgan fingerprint density at radius 1 is 1.24 bits per heavy atom. The van der Waals surface area contributed by atoms with Gasteiger partial charge in [0.05, 0.1) is 10.0 Å². The monoisotopic (exact) mass is 273 g/mol. The van der Waals surface area contributed by atoms with E-state index < -0.39 is 0 Å². The molecule has 1 aliphatic heterocycles. The van der Waals surface area contributed by atoms with Crippen molar-refractivity contribution in [1.29, 1.82) is 0 Å². The predicted molar refractivity (Wildman–Crippen MR) is 71.8 cm³/mol. The standard InChI is InChI=1S/C13H17Cl2NO/c14-11-4-1-3-10(12(11)15)9-13(16)5-2-7-17-8-6-13/h1,3-4H,2,5-9,16H2. The summed E-state index contributed by atoms with van der Waals surface area (Å²) in [5.41, 5.74) is 7.24. The first-order valence-electron chi connectivity index (χ1n) is 5.90. The van der Waals surface area contributed by atoms with Crippen molar-refractivity contribution >= 4 is 23.2 Å². The van der Waals surface area contributed by atoms with E-state index in [-0.39, 0.29) is 5.54 Å². The number of ether oxygens (including phenoxy) is 1. The summed E-state index contributed by atoms with van der Waals surface area (Å²) in [6.07, 6.45) is 3.61. The van der Waals surface area contributed by atoms with Crippen LogP contribution in [0.2, 0.25) is 10.0 Å². The van der Waals surface area contributed by atoms with Gasteiger partial charge in [-0.1, -0.05) is 35.3 Å². The van der Waals surface area contributed by atoms with E-state index in [0.29, 0.717) is 10.0 Å². The Morgan fingerprint density at radius 2 is 2.06 bits per heavy atom. The summed E-state index contributed by atoms with van der Waals surface area (Å²) in [6, 6.07) is 5.71. The SMILES string of the molecule is NC1(Cc2cccc(Cl)c2Cl)CCCOCC1. The molecule has 0 radical (unpaired) electrons. The third-order valence-corrected chi connectivity index (χ3v) is 4.14. The van der Waals surface area contributed by atoms with Crippen LogP contribution in [-0.4, -0.2) is 18.8 Å². The summed E-state index contributed by atoms with van der Waals surface area (Å²) in [7, 11) is 0. The van der Waals surface area contributed by atoms with Crippen LogP contribution in [0.5, 0.6) is 0 Å². The molecule has 0 saturated carbocycles. The summed E-state index contributed by atoms with van der Waals surface area (Å²) >= 11 is 12.2. The van der Waals surface area contributed by atoms with Crippen molar-refractivity contribution in [2.75, 3.05) is 13.2 Å². The molecular formula is C13H17Cl2NO. The van der Waals surface area contributed by atoms with Crippen LogP contribution in [0.25, 0.3) is 0 Å². The molecule has 17 heavy (non-hydrogen) atoms. The van der Waals surface area contributed by atoms with E-state index in [9.17, 15) is 0 Å². The van der Waals surface area contributed by atoms with Crippen LogP contribution in [0.15, 0.2) is 18.2 Å².